The lowest BCUT2D eigenvalue weighted by molar-refractivity contribution is -0.116. The molecule has 9 heteroatoms. The Labute approximate surface area is 174 Å². The van der Waals surface area contributed by atoms with E-state index >= 15 is 0 Å². The zero-order valence-electron chi connectivity index (χ0n) is 15.6. The highest BCUT2D eigenvalue weighted by Gasteiger charge is 2.11. The number of hydrogen-bond acceptors (Lipinski definition) is 4. The van der Waals surface area contributed by atoms with Crippen LogP contribution in [0.15, 0.2) is 56.5 Å². The summed E-state index contributed by atoms with van der Waals surface area (Å²) in [6, 6.07) is 11.9. The monoisotopic (exact) mass is 458 g/mol. The molecule has 3 aromatic rings. The Morgan fingerprint density at radius 3 is 2.52 bits per heavy atom. The molecule has 2 aromatic carbocycles. The lowest BCUT2D eigenvalue weighted by Crippen LogP contribution is -2.36. The number of nitrogens with one attached hydrogen (secondary N) is 3. The second kappa shape index (κ2) is 8.87. The van der Waals surface area contributed by atoms with Gasteiger partial charge in [0.15, 0.2) is 0 Å². The molecule has 3 rings (SSSR count). The number of nitrogens with zero attached hydrogens (tertiary/aromatic N) is 1. The maximum absolute atomic E-state index is 12.4. The van der Waals surface area contributed by atoms with E-state index in [4.69, 9.17) is 0 Å². The van der Waals surface area contributed by atoms with Gasteiger partial charge in [0.05, 0.1) is 11.0 Å². The number of amides is 2. The van der Waals surface area contributed by atoms with Crippen molar-refractivity contribution in [2.45, 2.75) is 19.9 Å². The summed E-state index contributed by atoms with van der Waals surface area (Å²) in [4.78, 5) is 50.5. The fourth-order valence-electron chi connectivity index (χ4n) is 2.88. The van der Waals surface area contributed by atoms with Crippen LogP contribution in [0.5, 0.6) is 0 Å². The number of hydrogen-bond donors (Lipinski definition) is 3. The van der Waals surface area contributed by atoms with E-state index in [2.05, 4.69) is 31.5 Å². The summed E-state index contributed by atoms with van der Waals surface area (Å²) < 4.78 is 2.26. The number of carbonyl (C=O) groups excluding carboxylic acids is 2. The SMILES string of the molecule is CCn1c(=O)c(=O)[nH]c2cc(C(=O)NCCC(=O)Nc3ccc(Br)cc3)ccc21. The number of H-pyrrole nitrogens is 1. The molecule has 0 saturated heterocycles. The second-order valence-corrected chi connectivity index (χ2v) is 7.21. The minimum atomic E-state index is -0.735. The van der Waals surface area contributed by atoms with Crippen LogP contribution < -0.4 is 21.8 Å². The minimum absolute atomic E-state index is 0.113. The van der Waals surface area contributed by atoms with Crippen molar-refractivity contribution >= 4 is 44.5 Å². The Morgan fingerprint density at radius 2 is 1.83 bits per heavy atom. The third-order valence-electron chi connectivity index (χ3n) is 4.32. The average Bonchev–Trinajstić information content (AvgIpc) is 2.70. The van der Waals surface area contributed by atoms with Gasteiger partial charge < -0.3 is 20.2 Å². The zero-order valence-corrected chi connectivity index (χ0v) is 17.2. The molecular formula is C20H19BrN4O4. The van der Waals surface area contributed by atoms with Crippen LogP contribution in [0.1, 0.15) is 23.7 Å². The summed E-state index contributed by atoms with van der Waals surface area (Å²) in [6.07, 6.45) is 0.113. The quantitative estimate of drug-likeness (QED) is 0.491. The summed E-state index contributed by atoms with van der Waals surface area (Å²) in [7, 11) is 0. The smallest absolute Gasteiger partial charge is 0.316 e. The van der Waals surface area contributed by atoms with Crippen LogP contribution in [-0.4, -0.2) is 27.9 Å². The molecule has 1 aromatic heterocycles. The van der Waals surface area contributed by atoms with E-state index in [1.807, 2.05) is 12.1 Å². The number of rotatable bonds is 6. The van der Waals surface area contributed by atoms with Crippen molar-refractivity contribution < 1.29 is 9.59 Å². The lowest BCUT2D eigenvalue weighted by Gasteiger charge is -2.09. The van der Waals surface area contributed by atoms with Gasteiger partial charge in [0.25, 0.3) is 5.91 Å². The fourth-order valence-corrected chi connectivity index (χ4v) is 3.15. The molecule has 0 radical (unpaired) electrons. The van der Waals surface area contributed by atoms with Gasteiger partial charge in [-0.2, -0.15) is 0 Å². The van der Waals surface area contributed by atoms with Crippen LogP contribution in [0.4, 0.5) is 5.69 Å². The van der Waals surface area contributed by atoms with Crippen molar-refractivity contribution in [1.29, 1.82) is 0 Å². The van der Waals surface area contributed by atoms with Gasteiger partial charge in [-0.3, -0.25) is 19.2 Å². The van der Waals surface area contributed by atoms with Crippen LogP contribution in [0, 0.1) is 0 Å². The summed E-state index contributed by atoms with van der Waals surface area (Å²) in [6.45, 7) is 2.27. The summed E-state index contributed by atoms with van der Waals surface area (Å²) in [5.74, 6) is -0.596. The maximum atomic E-state index is 12.4. The molecule has 8 nitrogen and oxygen atoms in total. The Kier molecular flexibility index (Phi) is 6.28. The van der Waals surface area contributed by atoms with Crippen molar-refractivity contribution in [1.82, 2.24) is 14.9 Å². The van der Waals surface area contributed by atoms with Gasteiger partial charge in [-0.15, -0.1) is 0 Å². The van der Waals surface area contributed by atoms with Gasteiger partial charge in [0.1, 0.15) is 0 Å². The summed E-state index contributed by atoms with van der Waals surface area (Å²) >= 11 is 3.33. The second-order valence-electron chi connectivity index (χ2n) is 6.30. The largest absolute Gasteiger partial charge is 0.352 e. The van der Waals surface area contributed by atoms with Crippen LogP contribution in [-0.2, 0) is 11.3 Å². The van der Waals surface area contributed by atoms with Crippen LogP contribution in [0.2, 0.25) is 0 Å². The van der Waals surface area contributed by atoms with Crippen molar-refractivity contribution in [2.75, 3.05) is 11.9 Å². The van der Waals surface area contributed by atoms with Gasteiger partial charge in [-0.1, -0.05) is 15.9 Å². The van der Waals surface area contributed by atoms with Crippen LogP contribution >= 0.6 is 15.9 Å². The molecule has 3 N–H and O–H groups in total. The first kappa shape index (κ1) is 20.5. The lowest BCUT2D eigenvalue weighted by atomic mass is 10.1. The molecule has 0 fully saturated rings. The van der Waals surface area contributed by atoms with Gasteiger partial charge in [0, 0.05) is 35.2 Å². The summed E-state index contributed by atoms with van der Waals surface area (Å²) in [5, 5.41) is 5.42. The predicted octanol–water partition coefficient (Wildman–Crippen LogP) is 2.23. The van der Waals surface area contributed by atoms with E-state index < -0.39 is 11.1 Å². The van der Waals surface area contributed by atoms with Crippen molar-refractivity contribution in [3.63, 3.8) is 0 Å². The molecule has 0 aliphatic carbocycles. The first-order chi connectivity index (χ1) is 13.9. The molecule has 150 valence electrons. The average molecular weight is 459 g/mol. The highest BCUT2D eigenvalue weighted by atomic mass is 79.9. The molecule has 0 spiro atoms. The van der Waals surface area contributed by atoms with E-state index in [0.717, 1.165) is 4.47 Å². The van der Waals surface area contributed by atoms with Gasteiger partial charge >= 0.3 is 11.1 Å². The predicted molar refractivity (Wildman–Crippen MR) is 114 cm³/mol. The number of fused-ring (bicyclic) bond motifs is 1. The third kappa shape index (κ3) is 4.80. The van der Waals surface area contributed by atoms with E-state index in [-0.39, 0.29) is 24.8 Å². The highest BCUT2D eigenvalue weighted by molar-refractivity contribution is 9.10. The number of benzene rings is 2. The maximum Gasteiger partial charge on any atom is 0.316 e. The van der Waals surface area contributed by atoms with Crippen LogP contribution in [0.25, 0.3) is 11.0 Å². The number of aryl methyl sites for hydroxylation is 1. The molecule has 0 atom stereocenters. The van der Waals surface area contributed by atoms with Crippen molar-refractivity contribution in [3.8, 4) is 0 Å². The molecule has 0 bridgehead atoms. The van der Waals surface area contributed by atoms with Gasteiger partial charge in [0.2, 0.25) is 5.91 Å². The standard InChI is InChI=1S/C20H19BrN4O4/c1-2-25-16-8-3-12(11-15(16)24-19(28)20(25)29)18(27)22-10-9-17(26)23-14-6-4-13(21)5-7-14/h3-8,11H,2,9-10H2,1H3,(H,22,27)(H,23,26)(H,24,28). The Bertz CT molecular complexity index is 1180. The first-order valence-electron chi connectivity index (χ1n) is 8.99. The normalized spacial score (nSPS) is 10.7. The molecule has 0 saturated carbocycles. The molecule has 29 heavy (non-hydrogen) atoms. The molecule has 1 heterocycles. The zero-order chi connectivity index (χ0) is 21.0. The fraction of sp³-hybridized carbons (Fsp3) is 0.200. The highest BCUT2D eigenvalue weighted by Crippen LogP contribution is 2.14. The summed E-state index contributed by atoms with van der Waals surface area (Å²) in [5.41, 5.74) is 0.572. The van der Waals surface area contributed by atoms with Crippen molar-refractivity contribution in [2.24, 2.45) is 0 Å². The minimum Gasteiger partial charge on any atom is -0.352 e. The van der Waals surface area contributed by atoms with E-state index in [9.17, 15) is 19.2 Å². The van der Waals surface area contributed by atoms with E-state index in [1.165, 1.54) is 10.6 Å². The van der Waals surface area contributed by atoms with E-state index in [1.54, 1.807) is 31.2 Å². The number of aromatic nitrogens is 2. The first-order valence-corrected chi connectivity index (χ1v) is 9.79. The Hall–Kier alpha value is -3.20. The van der Waals surface area contributed by atoms with E-state index in [0.29, 0.717) is 28.8 Å². The number of carbonyl (C=O) groups is 2. The molecular weight excluding hydrogens is 440 g/mol. The van der Waals surface area contributed by atoms with Crippen molar-refractivity contribution in [3.05, 3.63) is 73.2 Å². The molecule has 2 amide bonds. The third-order valence-corrected chi connectivity index (χ3v) is 4.85. The van der Waals surface area contributed by atoms with Crippen LogP contribution in [0.3, 0.4) is 0 Å². The van der Waals surface area contributed by atoms with Gasteiger partial charge in [-0.05, 0) is 49.4 Å². The topological polar surface area (TPSA) is 113 Å². The number of anilines is 1. The molecule has 0 aliphatic heterocycles. The molecule has 0 aliphatic rings. The number of aromatic amines is 1. The number of halogens is 1. The Morgan fingerprint density at radius 1 is 1.10 bits per heavy atom. The van der Waals surface area contributed by atoms with Gasteiger partial charge in [-0.25, -0.2) is 0 Å². The molecule has 0 unspecified atom stereocenters. The Balaban J connectivity index is 1.63.